The van der Waals surface area contributed by atoms with Gasteiger partial charge in [-0.15, -0.1) is 0 Å². The second-order valence-corrected chi connectivity index (χ2v) is 7.52. The van der Waals surface area contributed by atoms with Gasteiger partial charge in [-0.1, -0.05) is 17.7 Å². The summed E-state index contributed by atoms with van der Waals surface area (Å²) in [5.74, 6) is 0.532. The van der Waals surface area contributed by atoms with Gasteiger partial charge < -0.3 is 19.4 Å². The highest BCUT2D eigenvalue weighted by Gasteiger charge is 2.16. The second kappa shape index (κ2) is 8.55. The summed E-state index contributed by atoms with van der Waals surface area (Å²) in [4.78, 5) is 7.01. The lowest BCUT2D eigenvalue weighted by Gasteiger charge is -2.25. The number of ether oxygens (including phenoxy) is 1. The molecule has 0 saturated carbocycles. The molecule has 7 heteroatoms. The first-order chi connectivity index (χ1) is 14.1. The minimum atomic E-state index is -0.126. The standard InChI is InChI=1S/C22H24ClN3O3/c1-29-21-10-17(14-28)18(12-19(21)23)20-13-26-7-4-16(11-22(26)24-20)15-2-5-25(6-3-15)8-9-27/h2,4,7,10-13,27-28H,3,5-6,8-9,14H2,1H3. The van der Waals surface area contributed by atoms with E-state index in [-0.39, 0.29) is 13.2 Å². The van der Waals surface area contributed by atoms with Crippen LogP contribution < -0.4 is 4.74 Å². The molecule has 0 fully saturated rings. The summed E-state index contributed by atoms with van der Waals surface area (Å²) in [7, 11) is 1.55. The Morgan fingerprint density at radius 3 is 2.79 bits per heavy atom. The van der Waals surface area contributed by atoms with Crippen molar-refractivity contribution in [2.45, 2.75) is 13.0 Å². The van der Waals surface area contributed by atoms with E-state index in [0.717, 1.165) is 42.0 Å². The van der Waals surface area contributed by atoms with Crippen LogP contribution in [0, 0.1) is 0 Å². The maximum atomic E-state index is 9.78. The lowest BCUT2D eigenvalue weighted by molar-refractivity contribution is 0.208. The van der Waals surface area contributed by atoms with Gasteiger partial charge in [-0.2, -0.15) is 0 Å². The highest BCUT2D eigenvalue weighted by Crippen LogP contribution is 2.34. The molecular formula is C22H24ClN3O3. The van der Waals surface area contributed by atoms with Crippen molar-refractivity contribution in [1.29, 1.82) is 0 Å². The van der Waals surface area contributed by atoms with Crippen molar-refractivity contribution >= 4 is 22.8 Å². The monoisotopic (exact) mass is 413 g/mol. The van der Waals surface area contributed by atoms with Crippen LogP contribution in [0.2, 0.25) is 5.02 Å². The molecule has 0 saturated heterocycles. The predicted molar refractivity (Wildman–Crippen MR) is 114 cm³/mol. The molecule has 29 heavy (non-hydrogen) atoms. The fourth-order valence-electron chi connectivity index (χ4n) is 3.75. The first-order valence-corrected chi connectivity index (χ1v) is 9.99. The van der Waals surface area contributed by atoms with Crippen LogP contribution in [-0.2, 0) is 6.61 Å². The van der Waals surface area contributed by atoms with Gasteiger partial charge in [-0.05, 0) is 47.4 Å². The van der Waals surface area contributed by atoms with Gasteiger partial charge in [0.15, 0.2) is 0 Å². The Balaban J connectivity index is 1.67. The summed E-state index contributed by atoms with van der Waals surface area (Å²) in [5.41, 5.74) is 5.56. The summed E-state index contributed by atoms with van der Waals surface area (Å²) >= 11 is 6.30. The van der Waals surface area contributed by atoms with Crippen molar-refractivity contribution in [2.24, 2.45) is 0 Å². The molecule has 0 radical (unpaired) electrons. The van der Waals surface area contributed by atoms with E-state index in [0.29, 0.717) is 22.9 Å². The number of fused-ring (bicyclic) bond motifs is 1. The van der Waals surface area contributed by atoms with Crippen LogP contribution in [0.3, 0.4) is 0 Å². The van der Waals surface area contributed by atoms with Crippen molar-refractivity contribution in [1.82, 2.24) is 14.3 Å². The van der Waals surface area contributed by atoms with Crippen LogP contribution in [0.15, 0.2) is 42.7 Å². The minimum Gasteiger partial charge on any atom is -0.495 e. The van der Waals surface area contributed by atoms with Crippen LogP contribution in [0.25, 0.3) is 22.5 Å². The number of β-amino-alcohol motifs (C(OH)–C–C–N with tert-alkyl or cyclic N) is 1. The third-order valence-corrected chi connectivity index (χ3v) is 5.66. The Bertz CT molecular complexity index is 1060. The Labute approximate surface area is 174 Å². The number of pyridine rings is 1. The van der Waals surface area contributed by atoms with E-state index < -0.39 is 0 Å². The van der Waals surface area contributed by atoms with Crippen LogP contribution in [0.5, 0.6) is 5.75 Å². The zero-order chi connectivity index (χ0) is 20.4. The number of aromatic nitrogens is 2. The molecule has 0 atom stereocenters. The Hall–Kier alpha value is -2.38. The molecule has 6 nitrogen and oxygen atoms in total. The highest BCUT2D eigenvalue weighted by atomic mass is 35.5. The maximum Gasteiger partial charge on any atom is 0.138 e. The van der Waals surface area contributed by atoms with Gasteiger partial charge in [0.2, 0.25) is 0 Å². The quantitative estimate of drug-likeness (QED) is 0.649. The van der Waals surface area contributed by atoms with Crippen LogP contribution in [0.1, 0.15) is 17.5 Å². The number of hydrogen-bond acceptors (Lipinski definition) is 5. The number of benzene rings is 1. The molecule has 1 aliphatic heterocycles. The number of nitrogens with zero attached hydrogens (tertiary/aromatic N) is 3. The normalized spacial score (nSPS) is 15.0. The molecule has 1 aromatic carbocycles. The molecule has 4 rings (SSSR count). The van der Waals surface area contributed by atoms with E-state index in [1.807, 2.05) is 16.8 Å². The molecular weight excluding hydrogens is 390 g/mol. The average molecular weight is 414 g/mol. The average Bonchev–Trinajstić information content (AvgIpc) is 3.17. The van der Waals surface area contributed by atoms with E-state index in [4.69, 9.17) is 26.4 Å². The third kappa shape index (κ3) is 4.02. The largest absolute Gasteiger partial charge is 0.495 e. The Morgan fingerprint density at radius 2 is 2.10 bits per heavy atom. The highest BCUT2D eigenvalue weighted by molar-refractivity contribution is 6.32. The lowest BCUT2D eigenvalue weighted by atomic mass is 10.0. The van der Waals surface area contributed by atoms with Crippen molar-refractivity contribution in [3.8, 4) is 17.0 Å². The SMILES string of the molecule is COc1cc(CO)c(-c2cn3ccc(C4=CCN(CCO)CC4)cc3n2)cc1Cl. The molecule has 0 bridgehead atoms. The van der Waals surface area contributed by atoms with E-state index in [9.17, 15) is 5.11 Å². The molecule has 0 spiro atoms. The van der Waals surface area contributed by atoms with Crippen molar-refractivity contribution < 1.29 is 14.9 Å². The van der Waals surface area contributed by atoms with Crippen LogP contribution in [0.4, 0.5) is 0 Å². The van der Waals surface area contributed by atoms with Gasteiger partial charge in [-0.3, -0.25) is 4.90 Å². The summed E-state index contributed by atoms with van der Waals surface area (Å²) in [6.07, 6.45) is 7.12. The molecule has 0 aliphatic carbocycles. The molecule has 2 aromatic heterocycles. The summed E-state index contributed by atoms with van der Waals surface area (Å²) in [5, 5.41) is 19.4. The van der Waals surface area contributed by atoms with Crippen molar-refractivity contribution in [3.05, 3.63) is 58.9 Å². The first-order valence-electron chi connectivity index (χ1n) is 9.62. The predicted octanol–water partition coefficient (Wildman–Crippen LogP) is 3.24. The van der Waals surface area contributed by atoms with Gasteiger partial charge in [0.25, 0.3) is 0 Å². The van der Waals surface area contributed by atoms with Crippen LogP contribution >= 0.6 is 11.6 Å². The number of hydrogen-bond donors (Lipinski definition) is 2. The topological polar surface area (TPSA) is 70.2 Å². The van der Waals surface area contributed by atoms with E-state index >= 15 is 0 Å². The smallest absolute Gasteiger partial charge is 0.138 e. The summed E-state index contributed by atoms with van der Waals surface area (Å²) in [6, 6.07) is 7.72. The van der Waals surface area contributed by atoms with Gasteiger partial charge >= 0.3 is 0 Å². The molecule has 0 unspecified atom stereocenters. The first kappa shape index (κ1) is 19.9. The van der Waals surface area contributed by atoms with Gasteiger partial charge in [0.1, 0.15) is 11.4 Å². The fourth-order valence-corrected chi connectivity index (χ4v) is 3.99. The zero-order valence-electron chi connectivity index (χ0n) is 16.3. The maximum absolute atomic E-state index is 9.78. The lowest BCUT2D eigenvalue weighted by Crippen LogP contribution is -2.31. The van der Waals surface area contributed by atoms with E-state index in [1.165, 1.54) is 5.57 Å². The van der Waals surface area contributed by atoms with Crippen molar-refractivity contribution in [3.63, 3.8) is 0 Å². The number of imidazole rings is 1. The molecule has 2 N–H and O–H groups in total. The number of aliphatic hydroxyl groups is 2. The number of rotatable bonds is 6. The minimum absolute atomic E-state index is 0.126. The Morgan fingerprint density at radius 1 is 1.24 bits per heavy atom. The summed E-state index contributed by atoms with van der Waals surface area (Å²) < 4.78 is 7.22. The zero-order valence-corrected chi connectivity index (χ0v) is 17.1. The van der Waals surface area contributed by atoms with Crippen LogP contribution in [-0.4, -0.2) is 57.8 Å². The second-order valence-electron chi connectivity index (χ2n) is 7.11. The molecule has 0 amide bonds. The molecule has 3 aromatic rings. The van der Waals surface area contributed by atoms with Gasteiger partial charge in [0, 0.05) is 37.6 Å². The summed E-state index contributed by atoms with van der Waals surface area (Å²) in [6.45, 7) is 2.58. The van der Waals surface area contributed by atoms with Gasteiger partial charge in [0.05, 0.1) is 31.0 Å². The van der Waals surface area contributed by atoms with Crippen molar-refractivity contribution in [2.75, 3.05) is 33.4 Å². The molecule has 3 heterocycles. The molecule has 152 valence electrons. The number of halogens is 1. The number of aliphatic hydroxyl groups excluding tert-OH is 2. The Kier molecular flexibility index (Phi) is 5.87. The van der Waals surface area contributed by atoms with E-state index in [1.54, 1.807) is 19.2 Å². The fraction of sp³-hybridized carbons (Fsp3) is 0.318. The van der Waals surface area contributed by atoms with Gasteiger partial charge in [-0.25, -0.2) is 4.98 Å². The number of methoxy groups -OCH3 is 1. The molecule has 1 aliphatic rings. The third-order valence-electron chi connectivity index (χ3n) is 5.36. The van der Waals surface area contributed by atoms with E-state index in [2.05, 4.69) is 23.1 Å².